The Morgan fingerprint density at radius 1 is 1.26 bits per heavy atom. The molecule has 1 aliphatic rings. The molecule has 1 saturated heterocycles. The Kier molecular flexibility index (Phi) is 6.06. The third-order valence-corrected chi connectivity index (χ3v) is 7.99. The van der Waals surface area contributed by atoms with Crippen LogP contribution in [0.5, 0.6) is 5.75 Å². The average Bonchev–Trinajstić information content (AvgIpc) is 3.58. The summed E-state index contributed by atoms with van der Waals surface area (Å²) in [4.78, 5) is 18.1. The van der Waals surface area contributed by atoms with E-state index < -0.39 is 9.84 Å². The van der Waals surface area contributed by atoms with E-state index in [4.69, 9.17) is 14.1 Å². The molecule has 3 aromatic heterocycles. The number of aromatic nitrogens is 3. The third kappa shape index (κ3) is 4.66. The van der Waals surface area contributed by atoms with Gasteiger partial charge in [-0.3, -0.25) is 4.79 Å². The molecule has 1 aliphatic heterocycles. The molecule has 0 spiro atoms. The van der Waals surface area contributed by atoms with Gasteiger partial charge in [-0.25, -0.2) is 18.1 Å². The number of aryl methyl sites for hydroxylation is 1. The van der Waals surface area contributed by atoms with Gasteiger partial charge in [-0.05, 0) is 55.7 Å². The van der Waals surface area contributed by atoms with Gasteiger partial charge in [-0.15, -0.1) is 0 Å². The van der Waals surface area contributed by atoms with Crippen LogP contribution >= 0.6 is 0 Å². The molecule has 182 valence electrons. The van der Waals surface area contributed by atoms with Gasteiger partial charge < -0.3 is 14.5 Å². The predicted molar refractivity (Wildman–Crippen MR) is 131 cm³/mol. The number of hydrogen-bond acceptors (Lipinski definition) is 7. The van der Waals surface area contributed by atoms with Crippen molar-refractivity contribution >= 4 is 26.8 Å². The van der Waals surface area contributed by atoms with Gasteiger partial charge in [0.2, 0.25) is 0 Å². The van der Waals surface area contributed by atoms with Gasteiger partial charge in [0.15, 0.2) is 21.2 Å². The van der Waals surface area contributed by atoms with Crippen molar-refractivity contribution in [3.05, 3.63) is 65.5 Å². The SMILES string of the molecule is COc1cccc(CCNC(=O)c2cc(-c3ccco3)nc3c2c(C)nn3C2CCS(=O)(=O)C2)c1. The van der Waals surface area contributed by atoms with Crippen molar-refractivity contribution in [3.8, 4) is 17.2 Å². The number of benzene rings is 1. The molecule has 0 bridgehead atoms. The number of fused-ring (bicyclic) bond motifs is 1. The fourth-order valence-corrected chi connectivity index (χ4v) is 6.20. The zero-order valence-electron chi connectivity index (χ0n) is 19.5. The highest BCUT2D eigenvalue weighted by Crippen LogP contribution is 2.32. The van der Waals surface area contributed by atoms with Gasteiger partial charge >= 0.3 is 0 Å². The summed E-state index contributed by atoms with van der Waals surface area (Å²) in [5.74, 6) is 1.16. The zero-order valence-corrected chi connectivity index (χ0v) is 20.3. The number of furan rings is 1. The average molecular weight is 495 g/mol. The van der Waals surface area contributed by atoms with Crippen molar-refractivity contribution in [1.29, 1.82) is 0 Å². The summed E-state index contributed by atoms with van der Waals surface area (Å²) >= 11 is 0. The monoisotopic (exact) mass is 494 g/mol. The number of nitrogens with zero attached hydrogens (tertiary/aromatic N) is 3. The molecule has 10 heteroatoms. The van der Waals surface area contributed by atoms with Crippen LogP contribution in [0.3, 0.4) is 0 Å². The van der Waals surface area contributed by atoms with Crippen LogP contribution in [0.2, 0.25) is 0 Å². The minimum absolute atomic E-state index is 0.0119. The number of methoxy groups -OCH3 is 1. The van der Waals surface area contributed by atoms with Gasteiger partial charge in [0, 0.05) is 6.54 Å². The highest BCUT2D eigenvalue weighted by Gasteiger charge is 2.32. The van der Waals surface area contributed by atoms with E-state index >= 15 is 0 Å². The first-order valence-corrected chi connectivity index (χ1v) is 13.2. The summed E-state index contributed by atoms with van der Waals surface area (Å²) in [6.07, 6.45) is 2.65. The van der Waals surface area contributed by atoms with Crippen LogP contribution in [0.4, 0.5) is 0 Å². The molecule has 9 nitrogen and oxygen atoms in total. The van der Waals surface area contributed by atoms with Crippen LogP contribution in [0.25, 0.3) is 22.5 Å². The molecule has 1 N–H and O–H groups in total. The second kappa shape index (κ2) is 9.18. The van der Waals surface area contributed by atoms with Crippen LogP contribution in [0.15, 0.2) is 53.1 Å². The second-order valence-corrected chi connectivity index (χ2v) is 10.9. The molecule has 0 saturated carbocycles. The molecule has 35 heavy (non-hydrogen) atoms. The first-order chi connectivity index (χ1) is 16.8. The van der Waals surface area contributed by atoms with E-state index in [0.717, 1.165) is 11.3 Å². The summed E-state index contributed by atoms with van der Waals surface area (Å²) in [7, 11) is -1.50. The van der Waals surface area contributed by atoms with Gasteiger partial charge in [-0.2, -0.15) is 5.10 Å². The molecule has 1 atom stereocenters. The van der Waals surface area contributed by atoms with Crippen LogP contribution in [-0.4, -0.2) is 54.2 Å². The summed E-state index contributed by atoms with van der Waals surface area (Å²) in [6.45, 7) is 2.24. The van der Waals surface area contributed by atoms with Crippen molar-refractivity contribution in [3.63, 3.8) is 0 Å². The lowest BCUT2D eigenvalue weighted by Crippen LogP contribution is -2.26. The molecule has 1 aromatic carbocycles. The highest BCUT2D eigenvalue weighted by molar-refractivity contribution is 7.91. The number of hydrogen-bond donors (Lipinski definition) is 1. The molecule has 4 aromatic rings. The standard InChI is InChI=1S/C25H26N4O5S/c1-16-23-20(25(30)26-10-8-17-5-3-6-19(13-17)33-2)14-21(22-7-4-11-34-22)27-24(23)29(28-16)18-9-12-35(31,32)15-18/h3-7,11,13-14,18H,8-10,12,15H2,1-2H3,(H,26,30). The van der Waals surface area contributed by atoms with Crippen molar-refractivity contribution in [2.45, 2.75) is 25.8 Å². The highest BCUT2D eigenvalue weighted by atomic mass is 32.2. The Balaban J connectivity index is 1.49. The van der Waals surface area contributed by atoms with E-state index in [-0.39, 0.29) is 23.5 Å². The van der Waals surface area contributed by atoms with Crippen LogP contribution in [-0.2, 0) is 16.3 Å². The number of ether oxygens (including phenoxy) is 1. The van der Waals surface area contributed by atoms with E-state index in [1.165, 1.54) is 0 Å². The van der Waals surface area contributed by atoms with Crippen molar-refractivity contribution < 1.29 is 22.4 Å². The summed E-state index contributed by atoms with van der Waals surface area (Å²) in [5, 5.41) is 8.23. The maximum atomic E-state index is 13.4. The molecular weight excluding hydrogens is 468 g/mol. The second-order valence-electron chi connectivity index (χ2n) is 8.68. The normalized spacial score (nSPS) is 17.0. The smallest absolute Gasteiger partial charge is 0.252 e. The Hall–Kier alpha value is -3.66. The van der Waals surface area contributed by atoms with Gasteiger partial charge in [0.05, 0.1) is 47.6 Å². The number of nitrogens with one attached hydrogen (secondary N) is 1. The third-order valence-electron chi connectivity index (χ3n) is 6.24. The molecule has 0 radical (unpaired) electrons. The summed E-state index contributed by atoms with van der Waals surface area (Å²) in [5.41, 5.74) is 3.07. The van der Waals surface area contributed by atoms with E-state index in [2.05, 4.69) is 10.4 Å². The van der Waals surface area contributed by atoms with E-state index in [9.17, 15) is 13.2 Å². The molecular formula is C25H26N4O5S. The summed E-state index contributed by atoms with van der Waals surface area (Å²) in [6, 6.07) is 12.6. The van der Waals surface area contributed by atoms with E-state index in [1.54, 1.807) is 36.3 Å². The van der Waals surface area contributed by atoms with Crippen LogP contribution in [0, 0.1) is 6.92 Å². The lowest BCUT2D eigenvalue weighted by Gasteiger charge is -2.12. The fourth-order valence-electron chi connectivity index (χ4n) is 4.51. The summed E-state index contributed by atoms with van der Waals surface area (Å²) < 4.78 is 36.7. The van der Waals surface area contributed by atoms with E-state index in [1.807, 2.05) is 31.2 Å². The number of amides is 1. The lowest BCUT2D eigenvalue weighted by atomic mass is 10.1. The van der Waals surface area contributed by atoms with E-state index in [0.29, 0.717) is 53.1 Å². The molecule has 1 fully saturated rings. The van der Waals surface area contributed by atoms with Crippen molar-refractivity contribution in [2.24, 2.45) is 0 Å². The largest absolute Gasteiger partial charge is 0.497 e. The van der Waals surface area contributed by atoms with Gasteiger partial charge in [0.25, 0.3) is 5.91 Å². The molecule has 4 heterocycles. The van der Waals surface area contributed by atoms with Crippen LogP contribution in [0.1, 0.15) is 34.1 Å². The zero-order chi connectivity index (χ0) is 24.6. The maximum Gasteiger partial charge on any atom is 0.252 e. The van der Waals surface area contributed by atoms with Crippen LogP contribution < -0.4 is 10.1 Å². The minimum Gasteiger partial charge on any atom is -0.497 e. The molecule has 1 amide bonds. The molecule has 1 unspecified atom stereocenters. The Morgan fingerprint density at radius 2 is 2.11 bits per heavy atom. The maximum absolute atomic E-state index is 13.4. The topological polar surface area (TPSA) is 116 Å². The predicted octanol–water partition coefficient (Wildman–Crippen LogP) is 3.34. The first-order valence-electron chi connectivity index (χ1n) is 11.4. The quantitative estimate of drug-likeness (QED) is 0.419. The molecule has 5 rings (SSSR count). The fraction of sp³-hybridized carbons (Fsp3) is 0.320. The van der Waals surface area contributed by atoms with Crippen molar-refractivity contribution in [2.75, 3.05) is 25.2 Å². The number of carbonyl (C=O) groups excluding carboxylic acids is 1. The lowest BCUT2D eigenvalue weighted by molar-refractivity contribution is 0.0955. The Labute approximate surface area is 203 Å². The number of rotatable bonds is 7. The first kappa shape index (κ1) is 23.1. The molecule has 0 aliphatic carbocycles. The Bertz CT molecular complexity index is 1490. The Morgan fingerprint density at radius 3 is 2.83 bits per heavy atom. The van der Waals surface area contributed by atoms with Gasteiger partial charge in [0.1, 0.15) is 11.4 Å². The minimum atomic E-state index is -3.12. The number of sulfone groups is 1. The number of pyridine rings is 1. The number of carbonyl (C=O) groups is 1. The van der Waals surface area contributed by atoms with Gasteiger partial charge in [-0.1, -0.05) is 12.1 Å². The van der Waals surface area contributed by atoms with Crippen molar-refractivity contribution in [1.82, 2.24) is 20.1 Å².